The van der Waals surface area contributed by atoms with Crippen LogP contribution in [0.25, 0.3) is 0 Å². The monoisotopic (exact) mass is 328 g/mol. The van der Waals surface area contributed by atoms with Gasteiger partial charge < -0.3 is 10.2 Å². The van der Waals surface area contributed by atoms with Gasteiger partial charge in [0.05, 0.1) is 0 Å². The molecule has 0 saturated carbocycles. The molecular weight excluding hydrogens is 308 g/mol. The van der Waals surface area contributed by atoms with Crippen molar-refractivity contribution in [3.05, 3.63) is 65.2 Å². The molecule has 1 fully saturated rings. The molecule has 4 heteroatoms. The van der Waals surface area contributed by atoms with Crippen LogP contribution in [0.4, 0.5) is 5.69 Å². The van der Waals surface area contributed by atoms with Gasteiger partial charge in [-0.1, -0.05) is 48.0 Å². The largest absolute Gasteiger partial charge is 0.371 e. The number of hydrogen-bond acceptors (Lipinski definition) is 2. The maximum Gasteiger partial charge on any atom is 0.223 e. The number of nitrogens with zero attached hydrogens (tertiary/aromatic N) is 1. The summed E-state index contributed by atoms with van der Waals surface area (Å²) in [4.78, 5) is 14.7. The van der Waals surface area contributed by atoms with E-state index in [1.807, 2.05) is 30.3 Å². The number of nitrogens with one attached hydrogen (secondary N) is 1. The first-order chi connectivity index (χ1) is 11.2. The molecule has 2 aromatic rings. The summed E-state index contributed by atoms with van der Waals surface area (Å²) in [6.45, 7) is 2.35. The van der Waals surface area contributed by atoms with Crippen LogP contribution in [0.5, 0.6) is 0 Å². The van der Waals surface area contributed by atoms with Gasteiger partial charge in [0, 0.05) is 36.3 Å². The summed E-state index contributed by atoms with van der Waals surface area (Å²) in [5.41, 5.74) is 2.20. The fourth-order valence-corrected chi connectivity index (χ4v) is 3.21. The third kappa shape index (κ3) is 4.05. The number of anilines is 1. The Bertz CT molecular complexity index is 651. The molecule has 1 aliphatic heterocycles. The van der Waals surface area contributed by atoms with Crippen LogP contribution in [-0.4, -0.2) is 19.0 Å². The molecule has 2 aromatic carbocycles. The second-order valence-corrected chi connectivity index (χ2v) is 6.31. The fourth-order valence-electron chi connectivity index (χ4n) is 3.01. The highest BCUT2D eigenvalue weighted by Gasteiger charge is 2.24. The first kappa shape index (κ1) is 15.9. The number of rotatable bonds is 4. The third-order valence-corrected chi connectivity index (χ3v) is 4.77. The van der Waals surface area contributed by atoms with Crippen molar-refractivity contribution in [2.75, 3.05) is 18.0 Å². The molecule has 0 atom stereocenters. The van der Waals surface area contributed by atoms with Crippen LogP contribution in [0.2, 0.25) is 5.02 Å². The summed E-state index contributed by atoms with van der Waals surface area (Å²) in [6, 6.07) is 18.0. The van der Waals surface area contributed by atoms with Gasteiger partial charge in [-0.2, -0.15) is 0 Å². The molecule has 0 aromatic heterocycles. The van der Waals surface area contributed by atoms with E-state index in [-0.39, 0.29) is 11.8 Å². The quantitative estimate of drug-likeness (QED) is 0.924. The zero-order valence-electron chi connectivity index (χ0n) is 13.0. The van der Waals surface area contributed by atoms with Crippen molar-refractivity contribution in [3.8, 4) is 0 Å². The van der Waals surface area contributed by atoms with Gasteiger partial charge in [0.2, 0.25) is 5.91 Å². The third-order valence-electron chi connectivity index (χ3n) is 4.40. The maximum atomic E-state index is 12.4. The average molecular weight is 329 g/mol. The van der Waals surface area contributed by atoms with Crippen LogP contribution in [-0.2, 0) is 11.3 Å². The number of amides is 1. The Labute approximate surface area is 142 Å². The van der Waals surface area contributed by atoms with Gasteiger partial charge in [0.25, 0.3) is 0 Å². The highest BCUT2D eigenvalue weighted by atomic mass is 35.5. The number of para-hydroxylation sites is 1. The molecule has 3 rings (SSSR count). The van der Waals surface area contributed by atoms with E-state index in [9.17, 15) is 4.79 Å². The average Bonchev–Trinajstić information content (AvgIpc) is 2.62. The fraction of sp³-hybridized carbons (Fsp3) is 0.316. The van der Waals surface area contributed by atoms with E-state index in [2.05, 4.69) is 34.5 Å². The Morgan fingerprint density at radius 1 is 1.04 bits per heavy atom. The van der Waals surface area contributed by atoms with Crippen LogP contribution >= 0.6 is 11.6 Å². The predicted octanol–water partition coefficient (Wildman–Crippen LogP) is 3.87. The minimum Gasteiger partial charge on any atom is -0.371 e. The van der Waals surface area contributed by atoms with E-state index in [1.165, 1.54) is 5.69 Å². The van der Waals surface area contributed by atoms with Gasteiger partial charge in [-0.3, -0.25) is 4.79 Å². The molecular formula is C19H21ClN2O. The lowest BCUT2D eigenvalue weighted by Crippen LogP contribution is -2.40. The van der Waals surface area contributed by atoms with Crippen LogP contribution < -0.4 is 10.2 Å². The maximum absolute atomic E-state index is 12.4. The van der Waals surface area contributed by atoms with Gasteiger partial charge in [0.1, 0.15) is 0 Å². The summed E-state index contributed by atoms with van der Waals surface area (Å²) in [5, 5.41) is 3.72. The molecule has 0 aliphatic carbocycles. The van der Waals surface area contributed by atoms with E-state index in [0.29, 0.717) is 11.6 Å². The van der Waals surface area contributed by atoms with Crippen LogP contribution in [0, 0.1) is 5.92 Å². The molecule has 1 heterocycles. The van der Waals surface area contributed by atoms with E-state index in [0.717, 1.165) is 31.5 Å². The van der Waals surface area contributed by atoms with Crippen LogP contribution in [0.1, 0.15) is 18.4 Å². The lowest BCUT2D eigenvalue weighted by Gasteiger charge is -2.33. The van der Waals surface area contributed by atoms with Crippen LogP contribution in [0.15, 0.2) is 54.6 Å². The number of hydrogen-bond donors (Lipinski definition) is 1. The van der Waals surface area contributed by atoms with Crippen molar-refractivity contribution >= 4 is 23.2 Å². The number of carbonyl (C=O) groups excluding carboxylic acids is 1. The van der Waals surface area contributed by atoms with E-state index in [1.54, 1.807) is 0 Å². The smallest absolute Gasteiger partial charge is 0.223 e. The summed E-state index contributed by atoms with van der Waals surface area (Å²) >= 11 is 6.12. The molecule has 3 nitrogen and oxygen atoms in total. The molecule has 1 saturated heterocycles. The first-order valence-electron chi connectivity index (χ1n) is 8.05. The molecule has 0 bridgehead atoms. The first-order valence-corrected chi connectivity index (χ1v) is 8.43. The number of benzene rings is 2. The molecule has 0 unspecified atom stereocenters. The highest BCUT2D eigenvalue weighted by Crippen LogP contribution is 2.23. The van der Waals surface area contributed by atoms with Crippen molar-refractivity contribution < 1.29 is 4.79 Å². The van der Waals surface area contributed by atoms with Crippen LogP contribution in [0.3, 0.4) is 0 Å². The molecule has 120 valence electrons. The predicted molar refractivity (Wildman–Crippen MR) is 94.7 cm³/mol. The second kappa shape index (κ2) is 7.51. The Balaban J connectivity index is 1.50. The van der Waals surface area contributed by atoms with E-state index < -0.39 is 0 Å². The Kier molecular flexibility index (Phi) is 5.19. The zero-order chi connectivity index (χ0) is 16.1. The molecule has 1 aliphatic rings. The normalized spacial score (nSPS) is 15.4. The van der Waals surface area contributed by atoms with Crippen molar-refractivity contribution in [2.45, 2.75) is 19.4 Å². The van der Waals surface area contributed by atoms with E-state index >= 15 is 0 Å². The Morgan fingerprint density at radius 2 is 1.70 bits per heavy atom. The Hall–Kier alpha value is -2.00. The van der Waals surface area contributed by atoms with Crippen molar-refractivity contribution in [1.82, 2.24) is 5.32 Å². The molecule has 0 spiro atoms. The Morgan fingerprint density at radius 3 is 2.39 bits per heavy atom. The molecule has 1 N–H and O–H groups in total. The molecule has 0 radical (unpaired) electrons. The van der Waals surface area contributed by atoms with Crippen molar-refractivity contribution in [2.24, 2.45) is 5.92 Å². The standard InChI is InChI=1S/C19H21ClN2O/c20-18-9-5-4-6-16(18)14-21-19(23)15-10-12-22(13-11-15)17-7-2-1-3-8-17/h1-9,15H,10-14H2,(H,21,23). The van der Waals surface area contributed by atoms with Gasteiger partial charge in [0.15, 0.2) is 0 Å². The number of carbonyl (C=O) groups is 1. The zero-order valence-corrected chi connectivity index (χ0v) is 13.8. The van der Waals surface area contributed by atoms with Gasteiger partial charge in [-0.25, -0.2) is 0 Å². The molecule has 1 amide bonds. The second-order valence-electron chi connectivity index (χ2n) is 5.91. The van der Waals surface area contributed by atoms with Crippen molar-refractivity contribution in [1.29, 1.82) is 0 Å². The minimum absolute atomic E-state index is 0.0949. The topological polar surface area (TPSA) is 32.3 Å². The minimum atomic E-state index is 0.0949. The summed E-state index contributed by atoms with van der Waals surface area (Å²) < 4.78 is 0. The summed E-state index contributed by atoms with van der Waals surface area (Å²) in [5.74, 6) is 0.232. The summed E-state index contributed by atoms with van der Waals surface area (Å²) in [7, 11) is 0. The lowest BCUT2D eigenvalue weighted by molar-refractivity contribution is -0.125. The van der Waals surface area contributed by atoms with Crippen molar-refractivity contribution in [3.63, 3.8) is 0 Å². The number of halogens is 1. The lowest BCUT2D eigenvalue weighted by atomic mass is 9.95. The van der Waals surface area contributed by atoms with Gasteiger partial charge >= 0.3 is 0 Å². The van der Waals surface area contributed by atoms with E-state index in [4.69, 9.17) is 11.6 Å². The highest BCUT2D eigenvalue weighted by molar-refractivity contribution is 6.31. The number of piperidine rings is 1. The SMILES string of the molecule is O=C(NCc1ccccc1Cl)C1CCN(c2ccccc2)CC1. The molecule has 23 heavy (non-hydrogen) atoms. The van der Waals surface area contributed by atoms with Gasteiger partial charge in [-0.15, -0.1) is 0 Å². The summed E-state index contributed by atoms with van der Waals surface area (Å²) in [6.07, 6.45) is 1.78. The van der Waals surface area contributed by atoms with Gasteiger partial charge in [-0.05, 0) is 36.6 Å².